The molecule has 0 aromatic heterocycles. The van der Waals surface area contributed by atoms with E-state index in [0.29, 0.717) is 6.04 Å². The van der Waals surface area contributed by atoms with Crippen LogP contribution in [0.25, 0.3) is 0 Å². The molecule has 1 saturated heterocycles. The van der Waals surface area contributed by atoms with Crippen LogP contribution in [0.3, 0.4) is 0 Å². The molecule has 0 aromatic rings. The smallest absolute Gasteiger partial charge is 0.239 e. The van der Waals surface area contributed by atoms with E-state index in [4.69, 9.17) is 5.73 Å². The Labute approximate surface area is 92.2 Å². The van der Waals surface area contributed by atoms with Gasteiger partial charge in [-0.15, -0.1) is 0 Å². The van der Waals surface area contributed by atoms with E-state index in [9.17, 15) is 4.79 Å². The lowest BCUT2D eigenvalue weighted by molar-refractivity contribution is -0.125. The van der Waals surface area contributed by atoms with Crippen LogP contribution in [0.4, 0.5) is 0 Å². The molecular formula is C11H23N3O. The maximum atomic E-state index is 11.6. The van der Waals surface area contributed by atoms with Crippen molar-refractivity contribution in [3.8, 4) is 0 Å². The Morgan fingerprint density at radius 3 is 2.73 bits per heavy atom. The van der Waals surface area contributed by atoms with E-state index in [1.54, 1.807) is 13.8 Å². The second-order valence-corrected chi connectivity index (χ2v) is 5.06. The molecule has 4 heteroatoms. The van der Waals surface area contributed by atoms with Crippen LogP contribution in [0.1, 0.15) is 33.1 Å². The molecule has 1 rings (SSSR count). The fourth-order valence-corrected chi connectivity index (χ4v) is 1.84. The standard InChI is InChI=1S/C11H23N3O/c1-11(2,12)10(15)13-8-9-6-4-5-7-14(9)3/h9H,4-8,12H2,1-3H3,(H,13,15). The molecule has 1 fully saturated rings. The summed E-state index contributed by atoms with van der Waals surface area (Å²) in [4.78, 5) is 13.9. The van der Waals surface area contributed by atoms with Crippen LogP contribution in [-0.2, 0) is 4.79 Å². The number of piperidine rings is 1. The first kappa shape index (κ1) is 12.5. The highest BCUT2D eigenvalue weighted by atomic mass is 16.2. The van der Waals surface area contributed by atoms with Crippen molar-refractivity contribution in [2.45, 2.75) is 44.7 Å². The van der Waals surface area contributed by atoms with Crippen LogP contribution in [-0.4, -0.2) is 42.5 Å². The van der Waals surface area contributed by atoms with Gasteiger partial charge in [-0.1, -0.05) is 6.42 Å². The molecule has 1 aliphatic heterocycles. The first-order valence-corrected chi connectivity index (χ1v) is 5.68. The Morgan fingerprint density at radius 2 is 2.20 bits per heavy atom. The number of nitrogens with zero attached hydrogens (tertiary/aromatic N) is 1. The van der Waals surface area contributed by atoms with E-state index >= 15 is 0 Å². The van der Waals surface area contributed by atoms with Crippen molar-refractivity contribution >= 4 is 5.91 Å². The maximum absolute atomic E-state index is 11.6. The number of hydrogen-bond acceptors (Lipinski definition) is 3. The van der Waals surface area contributed by atoms with E-state index < -0.39 is 5.54 Å². The van der Waals surface area contributed by atoms with Crippen molar-refractivity contribution < 1.29 is 4.79 Å². The number of carbonyl (C=O) groups excluding carboxylic acids is 1. The number of likely N-dealkylation sites (N-methyl/N-ethyl adjacent to an activating group) is 1. The fraction of sp³-hybridized carbons (Fsp3) is 0.909. The lowest BCUT2D eigenvalue weighted by Crippen LogP contribution is -2.53. The molecule has 1 heterocycles. The minimum absolute atomic E-state index is 0.0681. The fourth-order valence-electron chi connectivity index (χ4n) is 1.84. The summed E-state index contributed by atoms with van der Waals surface area (Å²) in [5, 5.41) is 2.92. The van der Waals surface area contributed by atoms with Gasteiger partial charge in [-0.2, -0.15) is 0 Å². The van der Waals surface area contributed by atoms with Crippen LogP contribution in [0.15, 0.2) is 0 Å². The van der Waals surface area contributed by atoms with Gasteiger partial charge in [-0.25, -0.2) is 0 Å². The molecule has 15 heavy (non-hydrogen) atoms. The van der Waals surface area contributed by atoms with Crippen LogP contribution < -0.4 is 11.1 Å². The number of nitrogens with one attached hydrogen (secondary N) is 1. The highest BCUT2D eigenvalue weighted by Crippen LogP contribution is 2.14. The largest absolute Gasteiger partial charge is 0.353 e. The molecule has 1 amide bonds. The van der Waals surface area contributed by atoms with E-state index in [1.165, 1.54) is 19.3 Å². The molecule has 1 aliphatic rings. The molecule has 0 saturated carbocycles. The summed E-state index contributed by atoms with van der Waals surface area (Å²) in [6, 6.07) is 0.477. The SMILES string of the molecule is CN1CCCCC1CNC(=O)C(C)(C)N. The predicted octanol–water partition coefficient (Wildman–Crippen LogP) is 0.324. The molecule has 0 aliphatic carbocycles. The zero-order chi connectivity index (χ0) is 11.5. The van der Waals surface area contributed by atoms with E-state index in [2.05, 4.69) is 17.3 Å². The van der Waals surface area contributed by atoms with Crippen molar-refractivity contribution in [1.82, 2.24) is 10.2 Å². The molecule has 0 aromatic carbocycles. The van der Waals surface area contributed by atoms with Gasteiger partial charge in [0.2, 0.25) is 5.91 Å². The number of amides is 1. The van der Waals surface area contributed by atoms with Gasteiger partial charge in [-0.3, -0.25) is 4.79 Å². The number of nitrogens with two attached hydrogens (primary N) is 1. The van der Waals surface area contributed by atoms with Gasteiger partial charge in [0.1, 0.15) is 0 Å². The highest BCUT2D eigenvalue weighted by molar-refractivity contribution is 5.85. The van der Waals surface area contributed by atoms with Gasteiger partial charge in [0.25, 0.3) is 0 Å². The summed E-state index contributed by atoms with van der Waals surface area (Å²) in [5.74, 6) is -0.0681. The third kappa shape index (κ3) is 3.80. The van der Waals surface area contributed by atoms with Crippen LogP contribution >= 0.6 is 0 Å². The summed E-state index contributed by atoms with van der Waals surface area (Å²) in [7, 11) is 2.11. The average Bonchev–Trinajstić information content (AvgIpc) is 2.14. The summed E-state index contributed by atoms with van der Waals surface area (Å²) >= 11 is 0. The Kier molecular flexibility index (Phi) is 4.11. The van der Waals surface area contributed by atoms with Gasteiger partial charge < -0.3 is 16.0 Å². The molecule has 1 unspecified atom stereocenters. The second-order valence-electron chi connectivity index (χ2n) is 5.06. The van der Waals surface area contributed by atoms with Gasteiger partial charge in [0, 0.05) is 12.6 Å². The summed E-state index contributed by atoms with van der Waals surface area (Å²) in [6.07, 6.45) is 3.70. The van der Waals surface area contributed by atoms with Crippen LogP contribution in [0.5, 0.6) is 0 Å². The van der Waals surface area contributed by atoms with Crippen LogP contribution in [0.2, 0.25) is 0 Å². The third-order valence-corrected chi connectivity index (χ3v) is 3.00. The lowest BCUT2D eigenvalue weighted by atomic mass is 10.0. The minimum atomic E-state index is -0.771. The molecule has 4 nitrogen and oxygen atoms in total. The Balaban J connectivity index is 2.33. The Hall–Kier alpha value is -0.610. The zero-order valence-corrected chi connectivity index (χ0v) is 10.0. The molecule has 1 atom stereocenters. The van der Waals surface area contributed by atoms with Gasteiger partial charge >= 0.3 is 0 Å². The molecule has 0 bridgehead atoms. The molecule has 88 valence electrons. The third-order valence-electron chi connectivity index (χ3n) is 3.00. The van der Waals surface area contributed by atoms with Crippen molar-refractivity contribution in [3.05, 3.63) is 0 Å². The Morgan fingerprint density at radius 1 is 1.53 bits per heavy atom. The van der Waals surface area contributed by atoms with Gasteiger partial charge in [0.15, 0.2) is 0 Å². The van der Waals surface area contributed by atoms with Crippen molar-refractivity contribution in [3.63, 3.8) is 0 Å². The Bertz CT molecular complexity index is 222. The number of hydrogen-bond donors (Lipinski definition) is 2. The predicted molar refractivity (Wildman–Crippen MR) is 61.5 cm³/mol. The summed E-state index contributed by atoms with van der Waals surface area (Å²) < 4.78 is 0. The van der Waals surface area contributed by atoms with Gasteiger partial charge in [0.05, 0.1) is 5.54 Å². The number of carbonyl (C=O) groups is 1. The monoisotopic (exact) mass is 213 g/mol. The van der Waals surface area contributed by atoms with Crippen molar-refractivity contribution in [2.75, 3.05) is 20.1 Å². The molecule has 0 spiro atoms. The van der Waals surface area contributed by atoms with Crippen molar-refractivity contribution in [2.24, 2.45) is 5.73 Å². The summed E-state index contributed by atoms with van der Waals surface area (Å²) in [6.45, 7) is 5.31. The average molecular weight is 213 g/mol. The number of rotatable bonds is 3. The van der Waals surface area contributed by atoms with E-state index in [-0.39, 0.29) is 5.91 Å². The molecule has 3 N–H and O–H groups in total. The normalized spacial score (nSPS) is 23.9. The maximum Gasteiger partial charge on any atom is 0.239 e. The quantitative estimate of drug-likeness (QED) is 0.710. The molecular weight excluding hydrogens is 190 g/mol. The molecule has 0 radical (unpaired) electrons. The topological polar surface area (TPSA) is 58.4 Å². The first-order valence-electron chi connectivity index (χ1n) is 5.68. The first-order chi connectivity index (χ1) is 6.91. The second kappa shape index (κ2) is 4.94. The number of likely N-dealkylation sites (tertiary alicyclic amines) is 1. The van der Waals surface area contributed by atoms with Gasteiger partial charge in [-0.05, 0) is 40.3 Å². The zero-order valence-electron chi connectivity index (χ0n) is 10.0. The van der Waals surface area contributed by atoms with E-state index in [1.807, 2.05) is 0 Å². The van der Waals surface area contributed by atoms with Crippen LogP contribution in [0, 0.1) is 0 Å². The summed E-state index contributed by atoms with van der Waals surface area (Å²) in [5.41, 5.74) is 4.93. The van der Waals surface area contributed by atoms with E-state index in [0.717, 1.165) is 13.1 Å². The lowest BCUT2D eigenvalue weighted by Gasteiger charge is -2.33. The highest BCUT2D eigenvalue weighted by Gasteiger charge is 2.24. The minimum Gasteiger partial charge on any atom is -0.353 e. The van der Waals surface area contributed by atoms with Crippen molar-refractivity contribution in [1.29, 1.82) is 0 Å².